The standard InChI is InChI=1S/C12H18N6O2S/c1-8-4-10(6-13-3)5-11(9(8)2)21(19,20)14-7-12-15-17-18-16-12/h4-5,13-14H,6-7H2,1-3H3,(H,15,16,17,18). The van der Waals surface area contributed by atoms with Crippen LogP contribution in [0.4, 0.5) is 0 Å². The van der Waals surface area contributed by atoms with Crippen molar-refractivity contribution in [1.29, 1.82) is 0 Å². The molecule has 0 aliphatic carbocycles. The number of hydrogen-bond acceptors (Lipinski definition) is 6. The van der Waals surface area contributed by atoms with Gasteiger partial charge in [-0.15, -0.1) is 10.2 Å². The average Bonchev–Trinajstić information content (AvgIpc) is 2.94. The minimum Gasteiger partial charge on any atom is -0.316 e. The maximum atomic E-state index is 12.4. The number of aromatic nitrogens is 4. The van der Waals surface area contributed by atoms with Crippen molar-refractivity contribution in [3.63, 3.8) is 0 Å². The third-order valence-electron chi connectivity index (χ3n) is 3.16. The summed E-state index contributed by atoms with van der Waals surface area (Å²) in [7, 11) is -1.81. The molecule has 8 nitrogen and oxygen atoms in total. The van der Waals surface area contributed by atoms with Crippen molar-refractivity contribution in [2.75, 3.05) is 7.05 Å². The fourth-order valence-electron chi connectivity index (χ4n) is 1.98. The fourth-order valence-corrected chi connectivity index (χ4v) is 3.32. The second kappa shape index (κ2) is 6.29. The Morgan fingerprint density at radius 2 is 2.00 bits per heavy atom. The number of benzene rings is 1. The van der Waals surface area contributed by atoms with E-state index < -0.39 is 10.0 Å². The minimum absolute atomic E-state index is 0.00637. The van der Waals surface area contributed by atoms with Gasteiger partial charge in [-0.05, 0) is 43.7 Å². The summed E-state index contributed by atoms with van der Waals surface area (Å²) in [6.45, 7) is 4.29. The maximum Gasteiger partial charge on any atom is 0.241 e. The zero-order chi connectivity index (χ0) is 15.5. The topological polar surface area (TPSA) is 113 Å². The molecule has 0 saturated heterocycles. The Bertz CT molecular complexity index is 712. The molecule has 0 aliphatic rings. The highest BCUT2D eigenvalue weighted by atomic mass is 32.2. The lowest BCUT2D eigenvalue weighted by Gasteiger charge is -2.13. The molecular formula is C12H18N6O2S. The third-order valence-corrected chi connectivity index (χ3v) is 4.69. The van der Waals surface area contributed by atoms with Gasteiger partial charge >= 0.3 is 0 Å². The van der Waals surface area contributed by atoms with Gasteiger partial charge in [-0.25, -0.2) is 13.1 Å². The van der Waals surface area contributed by atoms with E-state index in [2.05, 4.69) is 30.7 Å². The van der Waals surface area contributed by atoms with Crippen LogP contribution in [0.15, 0.2) is 17.0 Å². The molecule has 1 heterocycles. The fraction of sp³-hybridized carbons (Fsp3) is 0.417. The van der Waals surface area contributed by atoms with Gasteiger partial charge in [0.1, 0.15) is 0 Å². The second-order valence-corrected chi connectivity index (χ2v) is 6.45. The number of nitrogens with one attached hydrogen (secondary N) is 3. The van der Waals surface area contributed by atoms with Gasteiger partial charge in [0, 0.05) is 6.54 Å². The number of aryl methyl sites for hydroxylation is 1. The first kappa shape index (κ1) is 15.5. The molecule has 0 atom stereocenters. The highest BCUT2D eigenvalue weighted by Gasteiger charge is 2.19. The molecule has 114 valence electrons. The van der Waals surface area contributed by atoms with Gasteiger partial charge in [0.25, 0.3) is 0 Å². The molecule has 0 unspecified atom stereocenters. The quantitative estimate of drug-likeness (QED) is 0.693. The molecule has 2 rings (SSSR count). The number of aromatic amines is 1. The van der Waals surface area contributed by atoms with Crippen molar-refractivity contribution in [3.05, 3.63) is 34.6 Å². The number of rotatable bonds is 6. The van der Waals surface area contributed by atoms with Gasteiger partial charge in [-0.1, -0.05) is 11.3 Å². The van der Waals surface area contributed by atoms with E-state index in [0.717, 1.165) is 16.7 Å². The first-order valence-corrected chi connectivity index (χ1v) is 7.89. The Kier molecular flexibility index (Phi) is 4.66. The number of tetrazole rings is 1. The van der Waals surface area contributed by atoms with Gasteiger partial charge in [-0.2, -0.15) is 5.21 Å². The van der Waals surface area contributed by atoms with E-state index in [9.17, 15) is 8.42 Å². The summed E-state index contributed by atoms with van der Waals surface area (Å²) in [5.74, 6) is 0.291. The van der Waals surface area contributed by atoms with Gasteiger partial charge in [0.2, 0.25) is 10.0 Å². The van der Waals surface area contributed by atoms with Crippen molar-refractivity contribution in [3.8, 4) is 0 Å². The summed E-state index contributed by atoms with van der Waals surface area (Å²) in [6.07, 6.45) is 0. The smallest absolute Gasteiger partial charge is 0.241 e. The van der Waals surface area contributed by atoms with Crippen molar-refractivity contribution in [1.82, 2.24) is 30.7 Å². The zero-order valence-corrected chi connectivity index (χ0v) is 13.0. The lowest BCUT2D eigenvalue weighted by Crippen LogP contribution is -2.25. The van der Waals surface area contributed by atoms with E-state index in [-0.39, 0.29) is 11.4 Å². The lowest BCUT2D eigenvalue weighted by atomic mass is 10.1. The Morgan fingerprint density at radius 3 is 2.62 bits per heavy atom. The summed E-state index contributed by atoms with van der Waals surface area (Å²) >= 11 is 0. The van der Waals surface area contributed by atoms with Crippen LogP contribution >= 0.6 is 0 Å². The largest absolute Gasteiger partial charge is 0.316 e. The monoisotopic (exact) mass is 310 g/mol. The number of H-pyrrole nitrogens is 1. The first-order valence-electron chi connectivity index (χ1n) is 6.40. The van der Waals surface area contributed by atoms with Crippen molar-refractivity contribution in [2.24, 2.45) is 0 Å². The molecule has 2 aromatic rings. The predicted molar refractivity (Wildman–Crippen MR) is 76.9 cm³/mol. The van der Waals surface area contributed by atoms with Gasteiger partial charge < -0.3 is 5.32 Å². The maximum absolute atomic E-state index is 12.4. The van der Waals surface area contributed by atoms with Crippen LogP contribution < -0.4 is 10.0 Å². The second-order valence-electron chi connectivity index (χ2n) is 4.72. The van der Waals surface area contributed by atoms with Gasteiger partial charge in [-0.3, -0.25) is 0 Å². The molecule has 1 aromatic carbocycles. The van der Waals surface area contributed by atoms with Crippen molar-refractivity contribution in [2.45, 2.75) is 31.8 Å². The number of nitrogens with zero attached hydrogens (tertiary/aromatic N) is 3. The van der Waals surface area contributed by atoms with E-state index in [1.54, 1.807) is 13.0 Å². The van der Waals surface area contributed by atoms with Crippen LogP contribution in [-0.4, -0.2) is 36.1 Å². The van der Waals surface area contributed by atoms with Crippen LogP contribution in [0.2, 0.25) is 0 Å². The molecule has 1 aromatic heterocycles. The van der Waals surface area contributed by atoms with Crippen LogP contribution in [0.5, 0.6) is 0 Å². The number of sulfonamides is 1. The Balaban J connectivity index is 2.30. The molecule has 0 aliphatic heterocycles. The van der Waals surface area contributed by atoms with Crippen LogP contribution in [0.3, 0.4) is 0 Å². The molecule has 21 heavy (non-hydrogen) atoms. The van der Waals surface area contributed by atoms with E-state index in [4.69, 9.17) is 0 Å². The van der Waals surface area contributed by atoms with Crippen molar-refractivity contribution < 1.29 is 8.42 Å². The minimum atomic E-state index is -3.63. The normalized spacial score (nSPS) is 11.8. The highest BCUT2D eigenvalue weighted by molar-refractivity contribution is 7.89. The zero-order valence-electron chi connectivity index (χ0n) is 12.1. The van der Waals surface area contributed by atoms with Crippen LogP contribution in [0.25, 0.3) is 0 Å². The Morgan fingerprint density at radius 1 is 1.24 bits per heavy atom. The summed E-state index contributed by atoms with van der Waals surface area (Å²) in [4.78, 5) is 0.274. The van der Waals surface area contributed by atoms with Crippen LogP contribution in [-0.2, 0) is 23.1 Å². The van der Waals surface area contributed by atoms with E-state index >= 15 is 0 Å². The molecule has 9 heteroatoms. The van der Waals surface area contributed by atoms with Crippen molar-refractivity contribution >= 4 is 10.0 Å². The molecule has 0 spiro atoms. The summed E-state index contributed by atoms with van der Waals surface area (Å²) < 4.78 is 27.4. The van der Waals surface area contributed by atoms with Gasteiger partial charge in [0.15, 0.2) is 5.82 Å². The molecule has 3 N–H and O–H groups in total. The third kappa shape index (κ3) is 3.63. The van der Waals surface area contributed by atoms with Crippen LogP contribution in [0.1, 0.15) is 22.5 Å². The first-order chi connectivity index (χ1) is 9.94. The molecule has 0 bridgehead atoms. The summed E-state index contributed by atoms with van der Waals surface area (Å²) in [5, 5.41) is 16.1. The Labute approximate surface area is 123 Å². The molecule has 0 radical (unpaired) electrons. The lowest BCUT2D eigenvalue weighted by molar-refractivity contribution is 0.578. The molecular weight excluding hydrogens is 292 g/mol. The van der Waals surface area contributed by atoms with Gasteiger partial charge in [0.05, 0.1) is 11.4 Å². The average molecular weight is 310 g/mol. The SMILES string of the molecule is CNCc1cc(C)c(C)c(S(=O)(=O)NCc2nn[nH]n2)c1. The molecule has 0 amide bonds. The highest BCUT2D eigenvalue weighted by Crippen LogP contribution is 2.21. The van der Waals surface area contributed by atoms with E-state index in [0.29, 0.717) is 12.4 Å². The predicted octanol–water partition coefficient (Wildman–Crippen LogP) is 0.0144. The van der Waals surface area contributed by atoms with E-state index in [1.165, 1.54) is 0 Å². The molecule has 0 saturated carbocycles. The van der Waals surface area contributed by atoms with Crippen LogP contribution in [0, 0.1) is 13.8 Å². The molecule has 0 fully saturated rings. The number of hydrogen-bond donors (Lipinski definition) is 3. The summed E-state index contributed by atoms with van der Waals surface area (Å²) in [5.41, 5.74) is 2.58. The summed E-state index contributed by atoms with van der Waals surface area (Å²) in [6, 6.07) is 3.65. The van der Waals surface area contributed by atoms with E-state index in [1.807, 2.05) is 20.0 Å². The Hall–Kier alpha value is -1.84.